The molecule has 0 N–H and O–H groups in total. The first-order chi connectivity index (χ1) is 14.3. The number of hydrogen-bond acceptors (Lipinski definition) is 5. The SMILES string of the molecule is O=C(CCc1ncc(-c2ccccc2)o1)N1CCc2sccc2[C@@H]1c1cccs1. The number of benzene rings is 1. The summed E-state index contributed by atoms with van der Waals surface area (Å²) in [5.74, 6) is 1.50. The predicted molar refractivity (Wildman–Crippen MR) is 116 cm³/mol. The number of nitrogens with zero attached hydrogens (tertiary/aromatic N) is 2. The van der Waals surface area contributed by atoms with Gasteiger partial charge >= 0.3 is 0 Å². The van der Waals surface area contributed by atoms with Crippen molar-refractivity contribution in [2.45, 2.75) is 25.3 Å². The minimum absolute atomic E-state index is 0.0296. The van der Waals surface area contributed by atoms with E-state index in [0.717, 1.165) is 24.3 Å². The highest BCUT2D eigenvalue weighted by Gasteiger charge is 2.33. The lowest BCUT2D eigenvalue weighted by Gasteiger charge is -2.35. The summed E-state index contributed by atoms with van der Waals surface area (Å²) >= 11 is 3.51. The molecule has 0 bridgehead atoms. The number of aromatic nitrogens is 1. The minimum atomic E-state index is 0.0296. The highest BCUT2D eigenvalue weighted by Crippen LogP contribution is 2.39. The Morgan fingerprint density at radius 2 is 2.00 bits per heavy atom. The largest absolute Gasteiger partial charge is 0.441 e. The van der Waals surface area contributed by atoms with Crippen LogP contribution in [0.3, 0.4) is 0 Å². The van der Waals surface area contributed by atoms with E-state index in [9.17, 15) is 4.79 Å². The molecule has 1 aliphatic rings. The van der Waals surface area contributed by atoms with Gasteiger partial charge in [-0.2, -0.15) is 0 Å². The van der Waals surface area contributed by atoms with Gasteiger partial charge in [-0.05, 0) is 34.9 Å². The first-order valence-electron chi connectivity index (χ1n) is 9.69. The molecule has 1 atom stereocenters. The molecule has 4 nitrogen and oxygen atoms in total. The first kappa shape index (κ1) is 18.3. The summed E-state index contributed by atoms with van der Waals surface area (Å²) in [6.07, 6.45) is 3.58. The van der Waals surface area contributed by atoms with E-state index in [1.165, 1.54) is 15.3 Å². The molecular formula is C23H20N2O2S2. The molecule has 0 radical (unpaired) electrons. The van der Waals surface area contributed by atoms with Crippen LogP contribution in [0.2, 0.25) is 0 Å². The van der Waals surface area contributed by atoms with Crippen LogP contribution in [0.5, 0.6) is 0 Å². The maximum atomic E-state index is 13.2. The first-order valence-corrected chi connectivity index (χ1v) is 11.4. The number of hydrogen-bond donors (Lipinski definition) is 0. The molecule has 0 saturated heterocycles. The third kappa shape index (κ3) is 3.66. The Hall–Kier alpha value is -2.70. The van der Waals surface area contributed by atoms with Crippen LogP contribution in [-0.2, 0) is 17.6 Å². The van der Waals surface area contributed by atoms with E-state index >= 15 is 0 Å². The van der Waals surface area contributed by atoms with Gasteiger partial charge in [-0.15, -0.1) is 22.7 Å². The van der Waals surface area contributed by atoms with Crippen molar-refractivity contribution in [2.75, 3.05) is 6.54 Å². The lowest BCUT2D eigenvalue weighted by atomic mass is 9.98. The van der Waals surface area contributed by atoms with Crippen LogP contribution in [0.15, 0.2) is 69.9 Å². The second-order valence-electron chi connectivity index (χ2n) is 7.04. The molecule has 1 aromatic carbocycles. The van der Waals surface area contributed by atoms with Crippen molar-refractivity contribution in [3.05, 3.63) is 86.7 Å². The highest BCUT2D eigenvalue weighted by molar-refractivity contribution is 7.10. The van der Waals surface area contributed by atoms with Gasteiger partial charge in [-0.1, -0.05) is 36.4 Å². The van der Waals surface area contributed by atoms with Gasteiger partial charge < -0.3 is 9.32 Å². The van der Waals surface area contributed by atoms with E-state index in [2.05, 4.69) is 33.9 Å². The van der Waals surface area contributed by atoms with Crippen molar-refractivity contribution in [2.24, 2.45) is 0 Å². The lowest BCUT2D eigenvalue weighted by Crippen LogP contribution is -2.39. The van der Waals surface area contributed by atoms with E-state index in [1.54, 1.807) is 28.9 Å². The van der Waals surface area contributed by atoms with E-state index in [-0.39, 0.29) is 11.9 Å². The fourth-order valence-corrected chi connectivity index (χ4v) is 5.62. The van der Waals surface area contributed by atoms with Gasteiger partial charge in [0.2, 0.25) is 5.91 Å². The molecule has 4 heterocycles. The zero-order chi connectivity index (χ0) is 19.6. The highest BCUT2D eigenvalue weighted by atomic mass is 32.1. The molecule has 4 aromatic rings. The van der Waals surface area contributed by atoms with E-state index in [1.807, 2.05) is 35.2 Å². The molecule has 0 fully saturated rings. The number of oxazole rings is 1. The summed E-state index contributed by atoms with van der Waals surface area (Å²) in [4.78, 5) is 22.2. The number of aryl methyl sites for hydroxylation is 1. The van der Waals surface area contributed by atoms with Crippen LogP contribution in [0.25, 0.3) is 11.3 Å². The number of rotatable bonds is 5. The third-order valence-corrected chi connectivity index (χ3v) is 7.18. The van der Waals surface area contributed by atoms with Gasteiger partial charge in [0.1, 0.15) is 0 Å². The molecule has 0 spiro atoms. The summed E-state index contributed by atoms with van der Waals surface area (Å²) in [6, 6.07) is 16.3. The predicted octanol–water partition coefficient (Wildman–Crippen LogP) is 5.57. The Morgan fingerprint density at radius 1 is 1.10 bits per heavy atom. The maximum absolute atomic E-state index is 13.2. The fourth-order valence-electron chi connectivity index (χ4n) is 3.86. The monoisotopic (exact) mass is 420 g/mol. The number of thiophene rings is 2. The van der Waals surface area contributed by atoms with E-state index in [4.69, 9.17) is 4.42 Å². The topological polar surface area (TPSA) is 46.3 Å². The van der Waals surface area contributed by atoms with Crippen LogP contribution in [-0.4, -0.2) is 22.3 Å². The van der Waals surface area contributed by atoms with Gasteiger partial charge in [0, 0.05) is 34.7 Å². The van der Waals surface area contributed by atoms with Gasteiger partial charge in [-0.3, -0.25) is 4.79 Å². The normalized spacial score (nSPS) is 16.0. The molecule has 29 heavy (non-hydrogen) atoms. The molecular weight excluding hydrogens is 400 g/mol. The molecule has 5 rings (SSSR count). The number of carbonyl (C=O) groups excluding carboxylic acids is 1. The smallest absolute Gasteiger partial charge is 0.223 e. The average molecular weight is 421 g/mol. The Labute approximate surface area is 177 Å². The summed E-state index contributed by atoms with van der Waals surface area (Å²) in [6.45, 7) is 0.760. The zero-order valence-corrected chi connectivity index (χ0v) is 17.4. The molecule has 0 unspecified atom stereocenters. The van der Waals surface area contributed by atoms with Crippen LogP contribution < -0.4 is 0 Å². The van der Waals surface area contributed by atoms with Crippen molar-refractivity contribution < 1.29 is 9.21 Å². The molecule has 3 aromatic heterocycles. The Morgan fingerprint density at radius 3 is 2.83 bits per heavy atom. The van der Waals surface area contributed by atoms with Gasteiger partial charge in [0.15, 0.2) is 11.7 Å². The van der Waals surface area contributed by atoms with Crippen molar-refractivity contribution in [1.29, 1.82) is 0 Å². The fraction of sp³-hybridized carbons (Fsp3) is 0.217. The maximum Gasteiger partial charge on any atom is 0.223 e. The zero-order valence-electron chi connectivity index (χ0n) is 15.8. The molecule has 0 saturated carbocycles. The standard InChI is InChI=1S/C23H20N2O2S2/c26-22(9-8-21-24-15-18(27-21)16-5-2-1-3-6-16)25-12-10-19-17(11-14-29-19)23(25)20-7-4-13-28-20/h1-7,11,13-15,23H,8-10,12H2/t23-/m1/s1. The Balaban J connectivity index is 1.31. The van der Waals surface area contributed by atoms with Crippen LogP contribution in [0.1, 0.15) is 33.7 Å². The Bertz CT molecular complexity index is 1100. The molecule has 1 aliphatic heterocycles. The molecule has 1 amide bonds. The van der Waals surface area contributed by atoms with E-state index in [0.29, 0.717) is 18.7 Å². The number of amides is 1. The summed E-state index contributed by atoms with van der Waals surface area (Å²) in [5, 5.41) is 4.22. The minimum Gasteiger partial charge on any atom is -0.441 e. The molecule has 6 heteroatoms. The second-order valence-corrected chi connectivity index (χ2v) is 9.02. The van der Waals surface area contributed by atoms with E-state index < -0.39 is 0 Å². The number of carbonyl (C=O) groups is 1. The quantitative estimate of drug-likeness (QED) is 0.424. The average Bonchev–Trinajstić information content (AvgIpc) is 3.53. The summed E-state index contributed by atoms with van der Waals surface area (Å²) in [7, 11) is 0. The Kier molecular flexibility index (Phi) is 5.04. The van der Waals surface area contributed by atoms with Crippen molar-refractivity contribution in [3.63, 3.8) is 0 Å². The molecule has 146 valence electrons. The number of fused-ring (bicyclic) bond motifs is 1. The lowest BCUT2D eigenvalue weighted by molar-refractivity contribution is -0.133. The van der Waals surface area contributed by atoms with Crippen LogP contribution in [0.4, 0.5) is 0 Å². The van der Waals surface area contributed by atoms with Crippen molar-refractivity contribution >= 4 is 28.6 Å². The van der Waals surface area contributed by atoms with Gasteiger partial charge in [0.05, 0.1) is 12.2 Å². The van der Waals surface area contributed by atoms with Gasteiger partial charge in [-0.25, -0.2) is 4.98 Å². The second kappa shape index (κ2) is 7.97. The van der Waals surface area contributed by atoms with Crippen LogP contribution in [0, 0.1) is 0 Å². The van der Waals surface area contributed by atoms with Gasteiger partial charge in [0.25, 0.3) is 0 Å². The van der Waals surface area contributed by atoms with Crippen LogP contribution >= 0.6 is 22.7 Å². The third-order valence-electron chi connectivity index (χ3n) is 5.26. The summed E-state index contributed by atoms with van der Waals surface area (Å²) in [5.41, 5.74) is 2.27. The summed E-state index contributed by atoms with van der Waals surface area (Å²) < 4.78 is 5.87. The van der Waals surface area contributed by atoms with Crippen molar-refractivity contribution in [1.82, 2.24) is 9.88 Å². The molecule has 0 aliphatic carbocycles. The van der Waals surface area contributed by atoms with Crippen molar-refractivity contribution in [3.8, 4) is 11.3 Å².